The average molecular weight is 327 g/mol. The van der Waals surface area contributed by atoms with Gasteiger partial charge in [-0.25, -0.2) is 13.4 Å². The number of nitrogens with zero attached hydrogens (tertiary/aromatic N) is 3. The van der Waals surface area contributed by atoms with E-state index < -0.39 is 9.84 Å². The molecule has 0 bridgehead atoms. The van der Waals surface area contributed by atoms with Gasteiger partial charge in [0.1, 0.15) is 5.82 Å². The van der Waals surface area contributed by atoms with Crippen LogP contribution in [0, 0.1) is 6.92 Å². The van der Waals surface area contributed by atoms with Gasteiger partial charge >= 0.3 is 0 Å². The molecule has 1 saturated heterocycles. The van der Waals surface area contributed by atoms with Crippen molar-refractivity contribution in [2.24, 2.45) is 0 Å². The number of benzene rings is 1. The maximum absolute atomic E-state index is 11.8. The second-order valence-electron chi connectivity index (χ2n) is 6.04. The molecule has 5 nitrogen and oxygen atoms in total. The Morgan fingerprint density at radius 2 is 2.04 bits per heavy atom. The van der Waals surface area contributed by atoms with E-state index in [1.165, 1.54) is 0 Å². The Morgan fingerprint density at radius 1 is 1.17 bits per heavy atom. The predicted octanol–water partition coefficient (Wildman–Crippen LogP) is 2.77. The maximum Gasteiger partial charge on any atom is 0.152 e. The van der Waals surface area contributed by atoms with Gasteiger partial charge in [-0.15, -0.1) is 0 Å². The second kappa shape index (κ2) is 5.16. The molecular formula is C17H17N3O2S. The summed E-state index contributed by atoms with van der Waals surface area (Å²) in [6.45, 7) is 2.05. The third-order valence-corrected chi connectivity index (χ3v) is 6.24. The van der Waals surface area contributed by atoms with E-state index in [9.17, 15) is 8.42 Å². The third kappa shape index (κ3) is 2.43. The fourth-order valence-corrected chi connectivity index (χ4v) is 5.07. The van der Waals surface area contributed by atoms with Gasteiger partial charge in [0.15, 0.2) is 9.84 Å². The largest absolute Gasteiger partial charge is 0.327 e. The van der Waals surface area contributed by atoms with Crippen LogP contribution < -0.4 is 0 Å². The van der Waals surface area contributed by atoms with Crippen molar-refractivity contribution in [2.75, 3.05) is 11.5 Å². The summed E-state index contributed by atoms with van der Waals surface area (Å²) in [4.78, 5) is 8.94. The maximum atomic E-state index is 11.8. The number of aryl methyl sites for hydroxylation is 1. The second-order valence-corrected chi connectivity index (χ2v) is 8.27. The van der Waals surface area contributed by atoms with Gasteiger partial charge in [0, 0.05) is 29.5 Å². The molecule has 1 unspecified atom stereocenters. The summed E-state index contributed by atoms with van der Waals surface area (Å²) in [6, 6.07) is 7.95. The van der Waals surface area contributed by atoms with Crippen molar-refractivity contribution in [2.45, 2.75) is 19.4 Å². The molecule has 0 saturated carbocycles. The molecule has 1 aliphatic rings. The van der Waals surface area contributed by atoms with Crippen LogP contribution in [0.25, 0.3) is 22.3 Å². The Bertz CT molecular complexity index is 992. The summed E-state index contributed by atoms with van der Waals surface area (Å²) in [5.74, 6) is 1.27. The highest BCUT2D eigenvalue weighted by Gasteiger charge is 2.30. The number of aromatic nitrogens is 3. The topological polar surface area (TPSA) is 64.8 Å². The van der Waals surface area contributed by atoms with Crippen molar-refractivity contribution >= 4 is 20.7 Å². The van der Waals surface area contributed by atoms with E-state index in [4.69, 9.17) is 0 Å². The molecule has 2 aromatic heterocycles. The number of rotatable bonds is 2. The molecule has 4 rings (SSSR count). The van der Waals surface area contributed by atoms with Gasteiger partial charge in [-0.3, -0.25) is 4.98 Å². The van der Waals surface area contributed by atoms with Gasteiger partial charge in [0.2, 0.25) is 0 Å². The summed E-state index contributed by atoms with van der Waals surface area (Å²) in [6.07, 6.45) is 6.05. The molecule has 0 aliphatic carbocycles. The standard InChI is InChI=1S/C17H17N3O2S/c1-12-4-5-15-14(3-2-7-18-15)16(12)17-19-8-9-20(17)13-6-10-23(21,22)11-13/h2-5,7-9,13H,6,10-11H2,1H3. The van der Waals surface area contributed by atoms with Crippen LogP contribution in [0.4, 0.5) is 0 Å². The van der Waals surface area contributed by atoms with E-state index in [2.05, 4.69) is 9.97 Å². The fourth-order valence-electron chi connectivity index (χ4n) is 3.35. The fraction of sp³-hybridized carbons (Fsp3) is 0.294. The quantitative estimate of drug-likeness (QED) is 0.726. The van der Waals surface area contributed by atoms with Gasteiger partial charge < -0.3 is 4.57 Å². The first-order valence-corrected chi connectivity index (χ1v) is 9.45. The first-order chi connectivity index (χ1) is 11.1. The summed E-state index contributed by atoms with van der Waals surface area (Å²) in [7, 11) is -2.93. The summed E-state index contributed by atoms with van der Waals surface area (Å²) >= 11 is 0. The van der Waals surface area contributed by atoms with Crippen molar-refractivity contribution < 1.29 is 8.42 Å². The summed E-state index contributed by atoms with van der Waals surface area (Å²) < 4.78 is 25.7. The zero-order chi connectivity index (χ0) is 16.0. The lowest BCUT2D eigenvalue weighted by atomic mass is 10.0. The van der Waals surface area contributed by atoms with Crippen LogP contribution in [0.2, 0.25) is 0 Å². The minimum absolute atomic E-state index is 0.0381. The summed E-state index contributed by atoms with van der Waals surface area (Å²) in [5.41, 5.74) is 3.06. The van der Waals surface area contributed by atoms with E-state index in [0.717, 1.165) is 27.9 Å². The SMILES string of the molecule is Cc1ccc2ncccc2c1-c1nccn1C1CCS(=O)(=O)C1. The van der Waals surface area contributed by atoms with Crippen molar-refractivity contribution in [1.29, 1.82) is 0 Å². The zero-order valence-electron chi connectivity index (χ0n) is 12.8. The molecule has 118 valence electrons. The minimum Gasteiger partial charge on any atom is -0.327 e. The molecule has 0 amide bonds. The first-order valence-electron chi connectivity index (χ1n) is 7.63. The average Bonchev–Trinajstić information content (AvgIpc) is 3.13. The molecule has 1 aromatic carbocycles. The van der Waals surface area contributed by atoms with Crippen molar-refractivity contribution in [3.05, 3.63) is 48.4 Å². The number of sulfone groups is 1. The molecular weight excluding hydrogens is 310 g/mol. The first kappa shape index (κ1) is 14.4. The monoisotopic (exact) mass is 327 g/mol. The predicted molar refractivity (Wildman–Crippen MR) is 90.0 cm³/mol. The van der Waals surface area contributed by atoms with Gasteiger partial charge in [0.25, 0.3) is 0 Å². The van der Waals surface area contributed by atoms with Crippen molar-refractivity contribution in [1.82, 2.24) is 14.5 Å². The van der Waals surface area contributed by atoms with E-state index in [-0.39, 0.29) is 17.5 Å². The Balaban J connectivity index is 1.91. The Kier molecular flexibility index (Phi) is 3.23. The van der Waals surface area contributed by atoms with Crippen molar-refractivity contribution in [3.8, 4) is 11.4 Å². The van der Waals surface area contributed by atoms with Gasteiger partial charge in [-0.2, -0.15) is 0 Å². The van der Waals surface area contributed by atoms with Crippen LogP contribution in [0.5, 0.6) is 0 Å². The highest BCUT2D eigenvalue weighted by Crippen LogP contribution is 2.34. The Hall–Kier alpha value is -2.21. The van der Waals surface area contributed by atoms with Crippen LogP contribution in [0.3, 0.4) is 0 Å². The van der Waals surface area contributed by atoms with Crippen LogP contribution in [-0.4, -0.2) is 34.5 Å². The minimum atomic E-state index is -2.93. The smallest absolute Gasteiger partial charge is 0.152 e. The van der Waals surface area contributed by atoms with Crippen LogP contribution >= 0.6 is 0 Å². The molecule has 6 heteroatoms. The van der Waals surface area contributed by atoms with Crippen molar-refractivity contribution in [3.63, 3.8) is 0 Å². The van der Waals surface area contributed by atoms with E-state index in [1.54, 1.807) is 12.4 Å². The van der Waals surface area contributed by atoms with E-state index in [0.29, 0.717) is 6.42 Å². The van der Waals surface area contributed by atoms with Gasteiger partial charge in [-0.1, -0.05) is 12.1 Å². The number of pyridine rings is 1. The number of hydrogen-bond acceptors (Lipinski definition) is 4. The van der Waals surface area contributed by atoms with E-state index >= 15 is 0 Å². The molecule has 1 atom stereocenters. The number of fused-ring (bicyclic) bond motifs is 1. The molecule has 1 aliphatic heterocycles. The molecule has 23 heavy (non-hydrogen) atoms. The molecule has 3 heterocycles. The Labute approximate surface area is 134 Å². The van der Waals surface area contributed by atoms with Gasteiger partial charge in [0.05, 0.1) is 23.1 Å². The summed E-state index contributed by atoms with van der Waals surface area (Å²) in [5, 5.41) is 1.04. The zero-order valence-corrected chi connectivity index (χ0v) is 13.6. The lowest BCUT2D eigenvalue weighted by Crippen LogP contribution is -2.12. The van der Waals surface area contributed by atoms with E-state index in [1.807, 2.05) is 42.0 Å². The van der Waals surface area contributed by atoms with Crippen LogP contribution in [-0.2, 0) is 9.84 Å². The highest BCUT2D eigenvalue weighted by atomic mass is 32.2. The van der Waals surface area contributed by atoms with Gasteiger partial charge in [-0.05, 0) is 31.0 Å². The Morgan fingerprint density at radius 3 is 2.83 bits per heavy atom. The van der Waals surface area contributed by atoms with Crippen LogP contribution in [0.15, 0.2) is 42.9 Å². The molecule has 0 spiro atoms. The number of imidazole rings is 1. The third-order valence-electron chi connectivity index (χ3n) is 4.49. The molecule has 0 radical (unpaired) electrons. The lowest BCUT2D eigenvalue weighted by molar-refractivity contribution is 0.560. The lowest BCUT2D eigenvalue weighted by Gasteiger charge is -2.16. The number of hydrogen-bond donors (Lipinski definition) is 0. The molecule has 0 N–H and O–H groups in total. The molecule has 3 aromatic rings. The van der Waals surface area contributed by atoms with Crippen LogP contribution in [0.1, 0.15) is 18.0 Å². The normalized spacial score (nSPS) is 20.1. The molecule has 1 fully saturated rings. The highest BCUT2D eigenvalue weighted by molar-refractivity contribution is 7.91.